The van der Waals surface area contributed by atoms with Gasteiger partial charge in [-0.1, -0.05) is 11.3 Å². The third-order valence-electron chi connectivity index (χ3n) is 5.09. The molecule has 0 radical (unpaired) electrons. The molecule has 0 aliphatic carbocycles. The summed E-state index contributed by atoms with van der Waals surface area (Å²) in [6.07, 6.45) is -0.168. The predicted molar refractivity (Wildman–Crippen MR) is 108 cm³/mol. The van der Waals surface area contributed by atoms with Crippen LogP contribution in [0.4, 0.5) is 14.9 Å². The minimum atomic E-state index is -0.498. The lowest BCUT2D eigenvalue weighted by Gasteiger charge is -2.12. The molecule has 3 heterocycles. The lowest BCUT2D eigenvalue weighted by atomic mass is 10.1. The van der Waals surface area contributed by atoms with Crippen LogP contribution in [-0.2, 0) is 17.7 Å². The molecule has 1 saturated heterocycles. The number of carbonyl (C=O) groups excluding carboxylic acids is 2. The molecular weight excluding hydrogens is 421 g/mol. The normalized spacial score (nSPS) is 16.5. The van der Waals surface area contributed by atoms with Crippen molar-refractivity contribution >= 4 is 17.7 Å². The highest BCUT2D eigenvalue weighted by Crippen LogP contribution is 2.33. The first kappa shape index (κ1) is 19.8. The largest absolute Gasteiger partial charge is 0.454 e. The number of carbonyl (C=O) groups is 2. The van der Waals surface area contributed by atoms with Crippen LogP contribution in [0, 0.1) is 5.82 Å². The smallest absolute Gasteiger partial charge is 0.407 e. The molecule has 11 heteroatoms. The molecule has 10 nitrogen and oxygen atoms in total. The molecule has 0 bridgehead atoms. The molecule has 1 fully saturated rings. The van der Waals surface area contributed by atoms with Crippen molar-refractivity contribution in [2.75, 3.05) is 18.7 Å². The fourth-order valence-electron chi connectivity index (χ4n) is 3.53. The second-order valence-electron chi connectivity index (χ2n) is 7.33. The number of benzene rings is 2. The van der Waals surface area contributed by atoms with Gasteiger partial charge >= 0.3 is 6.09 Å². The maximum Gasteiger partial charge on any atom is 0.407 e. The van der Waals surface area contributed by atoms with Gasteiger partial charge in [-0.05, 0) is 42.0 Å². The molecule has 32 heavy (non-hydrogen) atoms. The van der Waals surface area contributed by atoms with Gasteiger partial charge in [0.1, 0.15) is 12.4 Å². The summed E-state index contributed by atoms with van der Waals surface area (Å²) in [5.74, 6) is 0.388. The van der Waals surface area contributed by atoms with Crippen molar-refractivity contribution in [2.45, 2.75) is 19.0 Å². The zero-order valence-corrected chi connectivity index (χ0v) is 16.7. The summed E-state index contributed by atoms with van der Waals surface area (Å²) < 4.78 is 30.5. The Morgan fingerprint density at radius 1 is 1.16 bits per heavy atom. The minimum Gasteiger partial charge on any atom is -0.454 e. The molecule has 1 aromatic heterocycles. The number of fused-ring (bicyclic) bond motifs is 1. The molecule has 2 N–H and O–H groups in total. The van der Waals surface area contributed by atoms with E-state index in [2.05, 4.69) is 20.9 Å². The number of rotatable bonds is 6. The lowest BCUT2D eigenvalue weighted by Crippen LogP contribution is -2.32. The third kappa shape index (κ3) is 4.04. The number of aromatic nitrogens is 3. The van der Waals surface area contributed by atoms with Crippen molar-refractivity contribution in [3.05, 3.63) is 65.2 Å². The first-order valence-corrected chi connectivity index (χ1v) is 9.86. The van der Waals surface area contributed by atoms with Crippen LogP contribution in [-0.4, -0.2) is 46.4 Å². The van der Waals surface area contributed by atoms with Gasteiger partial charge in [-0.25, -0.2) is 13.9 Å². The van der Waals surface area contributed by atoms with Crippen LogP contribution in [0.15, 0.2) is 42.5 Å². The van der Waals surface area contributed by atoms with Gasteiger partial charge in [-0.15, -0.1) is 5.10 Å². The van der Waals surface area contributed by atoms with Crippen molar-refractivity contribution in [2.24, 2.45) is 0 Å². The number of alkyl carbamates (subject to hydrolysis) is 1. The maximum absolute atomic E-state index is 13.2. The van der Waals surface area contributed by atoms with Crippen LogP contribution in [0.1, 0.15) is 21.7 Å². The number of amides is 2. The van der Waals surface area contributed by atoms with Gasteiger partial charge in [0, 0.05) is 12.1 Å². The summed E-state index contributed by atoms with van der Waals surface area (Å²) in [6.45, 7) is 0.632. The number of hydrogen-bond donors (Lipinski definition) is 2. The van der Waals surface area contributed by atoms with Gasteiger partial charge in [0.2, 0.25) is 6.79 Å². The summed E-state index contributed by atoms with van der Waals surface area (Å²) in [5, 5.41) is 13.6. The third-order valence-corrected chi connectivity index (χ3v) is 5.09. The molecule has 5 rings (SSSR count). The Morgan fingerprint density at radius 2 is 1.97 bits per heavy atom. The fraction of sp³-hybridized carbons (Fsp3) is 0.238. The molecule has 2 aliphatic rings. The summed E-state index contributed by atoms with van der Waals surface area (Å²) in [6, 6.07) is 10.6. The van der Waals surface area contributed by atoms with Crippen LogP contribution < -0.4 is 20.1 Å². The van der Waals surface area contributed by atoms with Gasteiger partial charge in [0.15, 0.2) is 17.2 Å². The summed E-state index contributed by atoms with van der Waals surface area (Å²) >= 11 is 0. The van der Waals surface area contributed by atoms with Crippen molar-refractivity contribution in [1.82, 2.24) is 20.3 Å². The number of anilines is 1. The Morgan fingerprint density at radius 3 is 2.75 bits per heavy atom. The van der Waals surface area contributed by atoms with E-state index in [1.54, 1.807) is 10.7 Å². The topological polar surface area (TPSA) is 117 Å². The lowest BCUT2D eigenvalue weighted by molar-refractivity contribution is 0.102. The van der Waals surface area contributed by atoms with E-state index in [1.165, 1.54) is 24.3 Å². The average Bonchev–Trinajstić information content (AvgIpc) is 3.50. The number of nitrogens with one attached hydrogen (secondary N) is 2. The van der Waals surface area contributed by atoms with Crippen LogP contribution in [0.25, 0.3) is 0 Å². The number of cyclic esters (lactones) is 1. The van der Waals surface area contributed by atoms with Gasteiger partial charge in [0.25, 0.3) is 5.91 Å². The van der Waals surface area contributed by atoms with E-state index in [-0.39, 0.29) is 31.7 Å². The standard InChI is InChI=1S/C21H18FN5O5/c22-13-2-4-14(5-3-13)23-20(28)19-16(7-12-1-6-17-18(8-12)32-11-31-17)27(26-25-19)9-15-10-30-21(29)24-15/h1-6,8,15H,7,9-11H2,(H,23,28)(H,24,29). The van der Waals surface area contributed by atoms with Gasteiger partial charge in [0.05, 0.1) is 18.3 Å². The minimum absolute atomic E-state index is 0.122. The molecule has 2 aromatic carbocycles. The number of ether oxygens (including phenoxy) is 3. The monoisotopic (exact) mass is 439 g/mol. The van der Waals surface area contributed by atoms with E-state index in [0.717, 1.165) is 5.56 Å². The van der Waals surface area contributed by atoms with Gasteiger partial charge in [-0.2, -0.15) is 0 Å². The zero-order valence-electron chi connectivity index (χ0n) is 16.7. The zero-order chi connectivity index (χ0) is 22.1. The van der Waals surface area contributed by atoms with E-state index < -0.39 is 17.8 Å². The molecule has 0 saturated carbocycles. The number of hydrogen-bond acceptors (Lipinski definition) is 7. The van der Waals surface area contributed by atoms with E-state index in [9.17, 15) is 14.0 Å². The summed E-state index contributed by atoms with van der Waals surface area (Å²) in [4.78, 5) is 24.3. The molecular formula is C21H18FN5O5. The fourth-order valence-corrected chi connectivity index (χ4v) is 3.53. The van der Waals surface area contributed by atoms with E-state index in [4.69, 9.17) is 14.2 Å². The average molecular weight is 439 g/mol. The molecule has 2 amide bonds. The molecule has 3 aromatic rings. The van der Waals surface area contributed by atoms with Gasteiger partial charge in [-0.3, -0.25) is 4.79 Å². The SMILES string of the molecule is O=C1NC(Cn2nnc(C(=O)Nc3ccc(F)cc3)c2Cc2ccc3c(c2)OCO3)CO1. The molecule has 164 valence electrons. The highest BCUT2D eigenvalue weighted by molar-refractivity contribution is 6.03. The summed E-state index contributed by atoms with van der Waals surface area (Å²) in [5.41, 5.74) is 1.96. The van der Waals surface area contributed by atoms with E-state index >= 15 is 0 Å². The first-order valence-electron chi connectivity index (χ1n) is 9.86. The van der Waals surface area contributed by atoms with Crippen LogP contribution in [0.5, 0.6) is 11.5 Å². The Bertz CT molecular complexity index is 1180. The first-order chi connectivity index (χ1) is 15.5. The second-order valence-corrected chi connectivity index (χ2v) is 7.33. The molecule has 1 unspecified atom stereocenters. The van der Waals surface area contributed by atoms with Crippen LogP contribution in [0.2, 0.25) is 0 Å². The quantitative estimate of drug-likeness (QED) is 0.604. The van der Waals surface area contributed by atoms with E-state index in [1.807, 2.05) is 12.1 Å². The highest BCUT2D eigenvalue weighted by Gasteiger charge is 2.27. The predicted octanol–water partition coefficient (Wildman–Crippen LogP) is 2.10. The Labute approximate surface area is 181 Å². The Kier molecular flexibility index (Phi) is 5.06. The summed E-state index contributed by atoms with van der Waals surface area (Å²) in [7, 11) is 0. The van der Waals surface area contributed by atoms with Crippen molar-refractivity contribution in [3.63, 3.8) is 0 Å². The molecule has 2 aliphatic heterocycles. The van der Waals surface area contributed by atoms with Gasteiger partial charge < -0.3 is 24.8 Å². The van der Waals surface area contributed by atoms with Crippen LogP contribution >= 0.6 is 0 Å². The van der Waals surface area contributed by atoms with E-state index in [0.29, 0.717) is 29.3 Å². The van der Waals surface area contributed by atoms with Crippen molar-refractivity contribution < 1.29 is 28.2 Å². The number of halogens is 1. The van der Waals surface area contributed by atoms with Crippen molar-refractivity contribution in [1.29, 1.82) is 0 Å². The molecule has 0 spiro atoms. The van der Waals surface area contributed by atoms with Crippen LogP contribution in [0.3, 0.4) is 0 Å². The Balaban J connectivity index is 1.43. The second kappa shape index (κ2) is 8.17. The molecule has 1 atom stereocenters. The van der Waals surface area contributed by atoms with Crippen molar-refractivity contribution in [3.8, 4) is 11.5 Å². The maximum atomic E-state index is 13.2. The Hall–Kier alpha value is -4.15. The highest BCUT2D eigenvalue weighted by atomic mass is 19.1. The number of nitrogens with zero attached hydrogens (tertiary/aromatic N) is 3.